The van der Waals surface area contributed by atoms with Gasteiger partial charge in [0.05, 0.1) is 6.26 Å². The van der Waals surface area contributed by atoms with Crippen molar-refractivity contribution in [1.29, 1.82) is 0 Å². The largest absolute Gasteiger partial charge is 0.297 e. The summed E-state index contributed by atoms with van der Waals surface area (Å²) in [4.78, 5) is 2.26. The lowest BCUT2D eigenvalue weighted by Gasteiger charge is -2.36. The van der Waals surface area contributed by atoms with Crippen molar-refractivity contribution in [3.63, 3.8) is 0 Å². The van der Waals surface area contributed by atoms with Gasteiger partial charge in [-0.1, -0.05) is 0 Å². The number of sulfonamides is 1. The van der Waals surface area contributed by atoms with Gasteiger partial charge in [-0.2, -0.15) is 0 Å². The monoisotopic (exact) mass is 234 g/mol. The van der Waals surface area contributed by atoms with E-state index in [0.29, 0.717) is 19.1 Å². The van der Waals surface area contributed by atoms with E-state index in [9.17, 15) is 8.42 Å². The Balaban J connectivity index is 2.65. The molecule has 0 amide bonds. The first-order valence-electron chi connectivity index (χ1n) is 5.30. The average molecular weight is 234 g/mol. The van der Waals surface area contributed by atoms with Gasteiger partial charge in [-0.25, -0.2) is 12.7 Å². The molecular formula is C10H22N2O2S. The van der Waals surface area contributed by atoms with Crippen LogP contribution in [0, 0.1) is 0 Å². The van der Waals surface area contributed by atoms with Gasteiger partial charge in [0.25, 0.3) is 0 Å². The average Bonchev–Trinajstić information content (AvgIpc) is 2.47. The van der Waals surface area contributed by atoms with Gasteiger partial charge in [-0.3, -0.25) is 4.90 Å². The number of likely N-dealkylation sites (N-methyl/N-ethyl adjacent to an activating group) is 1. The molecule has 0 N–H and O–H groups in total. The molecule has 0 radical (unpaired) electrons. The highest BCUT2D eigenvalue weighted by molar-refractivity contribution is 7.88. The molecule has 0 spiro atoms. The Morgan fingerprint density at radius 1 is 1.33 bits per heavy atom. The normalized spacial score (nSPS) is 25.1. The summed E-state index contributed by atoms with van der Waals surface area (Å²) < 4.78 is 24.3. The van der Waals surface area contributed by atoms with E-state index in [-0.39, 0.29) is 5.54 Å². The summed E-state index contributed by atoms with van der Waals surface area (Å²) in [7, 11) is -0.942. The Bertz CT molecular complexity index is 319. The van der Waals surface area contributed by atoms with Crippen LogP contribution in [0.25, 0.3) is 0 Å². The molecule has 0 aromatic rings. The summed E-state index contributed by atoms with van der Waals surface area (Å²) in [6.45, 7) is 7.73. The standard InChI is InChI=1S/C10H22N2O2S/c1-10(2,3)11(4)9-6-7-12(8-9)15(5,13)14/h9H,6-8H2,1-5H3/t9-/m1/s1. The zero-order valence-corrected chi connectivity index (χ0v) is 11.1. The maximum Gasteiger partial charge on any atom is 0.211 e. The third-order valence-corrected chi connectivity index (χ3v) is 4.47. The Labute approximate surface area is 93.3 Å². The molecule has 1 fully saturated rings. The molecule has 0 saturated carbocycles. The lowest BCUT2D eigenvalue weighted by molar-refractivity contribution is 0.123. The fourth-order valence-corrected chi connectivity index (χ4v) is 2.76. The van der Waals surface area contributed by atoms with Crippen molar-refractivity contribution in [2.75, 3.05) is 26.4 Å². The first kappa shape index (κ1) is 12.9. The van der Waals surface area contributed by atoms with Crippen molar-refractivity contribution >= 4 is 10.0 Å². The maximum atomic E-state index is 11.4. The first-order chi connectivity index (χ1) is 6.62. The van der Waals surface area contributed by atoms with E-state index >= 15 is 0 Å². The molecule has 1 rings (SSSR count). The fraction of sp³-hybridized carbons (Fsp3) is 1.00. The van der Waals surface area contributed by atoms with Gasteiger partial charge in [-0.05, 0) is 34.2 Å². The van der Waals surface area contributed by atoms with Gasteiger partial charge in [-0.15, -0.1) is 0 Å². The molecule has 0 aliphatic carbocycles. The van der Waals surface area contributed by atoms with E-state index < -0.39 is 10.0 Å². The van der Waals surface area contributed by atoms with Crippen LogP contribution in [0.2, 0.25) is 0 Å². The molecule has 1 saturated heterocycles. The highest BCUT2D eigenvalue weighted by Crippen LogP contribution is 2.22. The third-order valence-electron chi connectivity index (χ3n) is 3.20. The second-order valence-electron chi connectivity index (χ2n) is 5.35. The quantitative estimate of drug-likeness (QED) is 0.708. The van der Waals surface area contributed by atoms with Crippen LogP contribution < -0.4 is 0 Å². The molecule has 15 heavy (non-hydrogen) atoms. The summed E-state index contributed by atoms with van der Waals surface area (Å²) in [5, 5.41) is 0. The number of hydrogen-bond donors (Lipinski definition) is 0. The lowest BCUT2D eigenvalue weighted by Crippen LogP contribution is -2.46. The van der Waals surface area contributed by atoms with E-state index in [2.05, 4.69) is 32.7 Å². The molecular weight excluding hydrogens is 212 g/mol. The van der Waals surface area contributed by atoms with Crippen molar-refractivity contribution in [3.8, 4) is 0 Å². The number of nitrogens with zero attached hydrogens (tertiary/aromatic N) is 2. The molecule has 0 aromatic carbocycles. The van der Waals surface area contributed by atoms with E-state index in [1.165, 1.54) is 6.26 Å². The van der Waals surface area contributed by atoms with Crippen molar-refractivity contribution in [1.82, 2.24) is 9.21 Å². The van der Waals surface area contributed by atoms with Crippen LogP contribution in [-0.2, 0) is 10.0 Å². The smallest absolute Gasteiger partial charge is 0.211 e. The van der Waals surface area contributed by atoms with Gasteiger partial charge >= 0.3 is 0 Å². The summed E-state index contributed by atoms with van der Waals surface area (Å²) >= 11 is 0. The van der Waals surface area contributed by atoms with Crippen LogP contribution >= 0.6 is 0 Å². The lowest BCUT2D eigenvalue weighted by atomic mass is 10.0. The molecule has 4 nitrogen and oxygen atoms in total. The van der Waals surface area contributed by atoms with E-state index in [0.717, 1.165) is 6.42 Å². The summed E-state index contributed by atoms with van der Waals surface area (Å²) in [6.07, 6.45) is 2.22. The van der Waals surface area contributed by atoms with Gasteiger partial charge in [0.15, 0.2) is 0 Å². The minimum absolute atomic E-state index is 0.0954. The highest BCUT2D eigenvalue weighted by Gasteiger charge is 2.34. The van der Waals surface area contributed by atoms with E-state index in [4.69, 9.17) is 0 Å². The zero-order chi connectivity index (χ0) is 11.9. The second-order valence-corrected chi connectivity index (χ2v) is 7.33. The molecule has 1 heterocycles. The minimum atomic E-state index is -3.01. The van der Waals surface area contributed by atoms with Gasteiger partial charge in [0.2, 0.25) is 10.0 Å². The van der Waals surface area contributed by atoms with Crippen LogP contribution in [0.1, 0.15) is 27.2 Å². The summed E-state index contributed by atoms with van der Waals surface area (Å²) in [5.74, 6) is 0. The topological polar surface area (TPSA) is 40.6 Å². The second kappa shape index (κ2) is 4.03. The van der Waals surface area contributed by atoms with Crippen molar-refractivity contribution in [2.45, 2.75) is 38.8 Å². The van der Waals surface area contributed by atoms with Crippen LogP contribution in [0.15, 0.2) is 0 Å². The maximum absolute atomic E-state index is 11.4. The Morgan fingerprint density at radius 2 is 1.87 bits per heavy atom. The Kier molecular flexibility index (Phi) is 3.48. The summed E-state index contributed by atoms with van der Waals surface area (Å²) in [6, 6.07) is 0.347. The fourth-order valence-electron chi connectivity index (χ4n) is 1.88. The Hall–Kier alpha value is -0.130. The van der Waals surface area contributed by atoms with Gasteiger partial charge in [0.1, 0.15) is 0 Å². The minimum Gasteiger partial charge on any atom is -0.297 e. The molecule has 0 unspecified atom stereocenters. The predicted molar refractivity (Wildman–Crippen MR) is 62.3 cm³/mol. The molecule has 90 valence electrons. The van der Waals surface area contributed by atoms with Crippen LogP contribution in [-0.4, -0.2) is 55.6 Å². The zero-order valence-electron chi connectivity index (χ0n) is 10.3. The third kappa shape index (κ3) is 3.16. The molecule has 1 atom stereocenters. The van der Waals surface area contributed by atoms with Gasteiger partial charge < -0.3 is 0 Å². The van der Waals surface area contributed by atoms with Crippen LogP contribution in [0.3, 0.4) is 0 Å². The SMILES string of the molecule is CN([C@@H]1CCN(S(C)(=O)=O)C1)C(C)(C)C. The van der Waals surface area contributed by atoms with Crippen molar-refractivity contribution in [2.24, 2.45) is 0 Å². The summed E-state index contributed by atoms with van der Waals surface area (Å²) in [5.41, 5.74) is 0.0954. The predicted octanol–water partition coefficient (Wildman–Crippen LogP) is 0.751. The molecule has 0 bridgehead atoms. The van der Waals surface area contributed by atoms with Crippen molar-refractivity contribution < 1.29 is 8.42 Å². The van der Waals surface area contributed by atoms with E-state index in [1.54, 1.807) is 4.31 Å². The van der Waals surface area contributed by atoms with Crippen LogP contribution in [0.5, 0.6) is 0 Å². The molecule has 0 aromatic heterocycles. The van der Waals surface area contributed by atoms with E-state index in [1.807, 2.05) is 0 Å². The number of hydrogen-bond acceptors (Lipinski definition) is 3. The number of rotatable bonds is 2. The molecule has 1 aliphatic rings. The highest BCUT2D eigenvalue weighted by atomic mass is 32.2. The molecule has 1 aliphatic heterocycles. The van der Waals surface area contributed by atoms with Crippen LogP contribution in [0.4, 0.5) is 0 Å². The van der Waals surface area contributed by atoms with Crippen molar-refractivity contribution in [3.05, 3.63) is 0 Å². The van der Waals surface area contributed by atoms with Gasteiger partial charge in [0, 0.05) is 24.7 Å². The first-order valence-corrected chi connectivity index (χ1v) is 7.15. The molecule has 5 heteroatoms. The Morgan fingerprint density at radius 3 is 2.20 bits per heavy atom.